The van der Waals surface area contributed by atoms with Crippen LogP contribution in [0.2, 0.25) is 0 Å². The minimum atomic E-state index is -0.554. The van der Waals surface area contributed by atoms with E-state index in [1.807, 2.05) is 18.7 Å². The molecule has 106 valence electrons. The lowest BCUT2D eigenvalue weighted by Crippen LogP contribution is -2.34. The Balaban J connectivity index is 2.87. The zero-order valence-corrected chi connectivity index (χ0v) is 13.3. The number of nitrogens with two attached hydrogens (primary N) is 1. The standard InChI is InChI=1S/C13H17BrF2N2S/c1-3-18(6-8(2)13(17)19)7-9-11(15)5-4-10(14)12(9)16/h4-5,8H,3,6-7H2,1-2H3,(H2,17,19). The van der Waals surface area contributed by atoms with E-state index in [1.54, 1.807) is 0 Å². The fraction of sp³-hybridized carbons (Fsp3) is 0.462. The molecule has 1 unspecified atom stereocenters. The molecule has 0 amide bonds. The van der Waals surface area contributed by atoms with Crippen LogP contribution in [-0.4, -0.2) is 23.0 Å². The maximum Gasteiger partial charge on any atom is 0.144 e. The SMILES string of the molecule is CCN(Cc1c(F)ccc(Br)c1F)CC(C)C(N)=S. The molecule has 2 nitrogen and oxygen atoms in total. The van der Waals surface area contributed by atoms with Crippen LogP contribution in [0, 0.1) is 17.6 Å². The number of hydrogen-bond acceptors (Lipinski definition) is 2. The van der Waals surface area contributed by atoms with Crippen LogP contribution in [0.3, 0.4) is 0 Å². The Morgan fingerprint density at radius 1 is 1.47 bits per heavy atom. The van der Waals surface area contributed by atoms with Crippen molar-refractivity contribution in [3.63, 3.8) is 0 Å². The third-order valence-corrected chi connectivity index (χ3v) is 4.00. The topological polar surface area (TPSA) is 29.3 Å². The maximum atomic E-state index is 13.9. The fourth-order valence-corrected chi connectivity index (χ4v) is 2.17. The lowest BCUT2D eigenvalue weighted by molar-refractivity contribution is 0.256. The Morgan fingerprint density at radius 2 is 2.11 bits per heavy atom. The summed E-state index contributed by atoms with van der Waals surface area (Å²) in [5, 5.41) is 0. The highest BCUT2D eigenvalue weighted by molar-refractivity contribution is 9.10. The van der Waals surface area contributed by atoms with Crippen LogP contribution >= 0.6 is 28.1 Å². The average molecular weight is 351 g/mol. The van der Waals surface area contributed by atoms with Crippen molar-refractivity contribution in [1.29, 1.82) is 0 Å². The molecule has 1 aromatic rings. The van der Waals surface area contributed by atoms with E-state index in [9.17, 15) is 8.78 Å². The number of rotatable bonds is 6. The monoisotopic (exact) mass is 350 g/mol. The van der Waals surface area contributed by atoms with Crippen molar-refractivity contribution in [3.8, 4) is 0 Å². The summed E-state index contributed by atoms with van der Waals surface area (Å²) >= 11 is 7.98. The Hall–Kier alpha value is -0.590. The van der Waals surface area contributed by atoms with Crippen molar-refractivity contribution in [2.24, 2.45) is 11.7 Å². The van der Waals surface area contributed by atoms with Gasteiger partial charge >= 0.3 is 0 Å². The second kappa shape index (κ2) is 7.26. The van der Waals surface area contributed by atoms with Gasteiger partial charge in [-0.15, -0.1) is 0 Å². The molecular formula is C13H17BrF2N2S. The lowest BCUT2D eigenvalue weighted by atomic mass is 10.1. The van der Waals surface area contributed by atoms with Gasteiger partial charge in [0.1, 0.15) is 11.6 Å². The fourth-order valence-electron chi connectivity index (χ4n) is 1.72. The highest BCUT2D eigenvalue weighted by atomic mass is 79.9. The highest BCUT2D eigenvalue weighted by Gasteiger charge is 2.17. The number of hydrogen-bond donors (Lipinski definition) is 1. The summed E-state index contributed by atoms with van der Waals surface area (Å²) in [4.78, 5) is 2.33. The highest BCUT2D eigenvalue weighted by Crippen LogP contribution is 2.23. The predicted molar refractivity (Wildman–Crippen MR) is 81.0 cm³/mol. The van der Waals surface area contributed by atoms with E-state index in [1.165, 1.54) is 12.1 Å². The molecule has 0 spiro atoms. The van der Waals surface area contributed by atoms with E-state index in [2.05, 4.69) is 15.9 Å². The predicted octanol–water partition coefficient (Wildman–Crippen LogP) is 3.47. The molecule has 1 atom stereocenters. The summed E-state index contributed by atoms with van der Waals surface area (Å²) < 4.78 is 27.8. The molecule has 1 rings (SSSR count). The molecule has 0 aromatic heterocycles. The summed E-state index contributed by atoms with van der Waals surface area (Å²) in [5.74, 6) is -1.09. The van der Waals surface area contributed by atoms with Gasteiger partial charge in [0.25, 0.3) is 0 Å². The first kappa shape index (κ1) is 16.5. The van der Waals surface area contributed by atoms with E-state index in [4.69, 9.17) is 18.0 Å². The Bertz CT molecular complexity index is 468. The lowest BCUT2D eigenvalue weighted by Gasteiger charge is -2.24. The minimum absolute atomic E-state index is 0.00762. The summed E-state index contributed by atoms with van der Waals surface area (Å²) in [7, 11) is 0. The number of halogens is 3. The molecule has 0 saturated carbocycles. The Kier molecular flexibility index (Phi) is 6.29. The zero-order chi connectivity index (χ0) is 14.6. The van der Waals surface area contributed by atoms with Crippen molar-refractivity contribution < 1.29 is 8.78 Å². The second-order valence-corrected chi connectivity index (χ2v) is 5.78. The van der Waals surface area contributed by atoms with E-state index in [0.29, 0.717) is 18.1 Å². The van der Waals surface area contributed by atoms with Gasteiger partial charge in [-0.2, -0.15) is 0 Å². The molecule has 2 N–H and O–H groups in total. The van der Waals surface area contributed by atoms with Gasteiger partial charge in [-0.1, -0.05) is 26.1 Å². The summed E-state index contributed by atoms with van der Waals surface area (Å²) in [6.07, 6.45) is 0. The zero-order valence-electron chi connectivity index (χ0n) is 10.9. The molecule has 19 heavy (non-hydrogen) atoms. The molecule has 0 aliphatic carbocycles. The van der Waals surface area contributed by atoms with Crippen molar-refractivity contribution in [1.82, 2.24) is 4.90 Å². The number of nitrogens with zero attached hydrogens (tertiary/aromatic N) is 1. The molecule has 0 aliphatic rings. The van der Waals surface area contributed by atoms with Crippen molar-refractivity contribution in [3.05, 3.63) is 33.8 Å². The molecule has 0 fully saturated rings. The second-order valence-electron chi connectivity index (χ2n) is 4.45. The third-order valence-electron chi connectivity index (χ3n) is 2.99. The van der Waals surface area contributed by atoms with Crippen LogP contribution in [0.15, 0.2) is 16.6 Å². The van der Waals surface area contributed by atoms with Gasteiger partial charge in [-0.25, -0.2) is 8.78 Å². The normalized spacial score (nSPS) is 12.7. The van der Waals surface area contributed by atoms with Gasteiger partial charge in [-0.3, -0.25) is 4.90 Å². The molecule has 6 heteroatoms. The molecule has 0 heterocycles. The van der Waals surface area contributed by atoms with Crippen molar-refractivity contribution >= 4 is 33.1 Å². The average Bonchev–Trinajstić information content (AvgIpc) is 2.37. The molecule has 0 aliphatic heterocycles. The smallest absolute Gasteiger partial charge is 0.144 e. The molecule has 0 saturated heterocycles. The Morgan fingerprint density at radius 3 is 2.63 bits per heavy atom. The molecular weight excluding hydrogens is 334 g/mol. The van der Waals surface area contributed by atoms with Crippen molar-refractivity contribution in [2.75, 3.05) is 13.1 Å². The first-order valence-corrected chi connectivity index (χ1v) is 7.21. The summed E-state index contributed by atoms with van der Waals surface area (Å²) in [6.45, 7) is 5.27. The maximum absolute atomic E-state index is 13.9. The Labute approximate surface area is 126 Å². The van der Waals surface area contributed by atoms with Crippen molar-refractivity contribution in [2.45, 2.75) is 20.4 Å². The summed E-state index contributed by atoms with van der Waals surface area (Å²) in [5.41, 5.74) is 5.63. The van der Waals surface area contributed by atoms with Crippen LogP contribution in [0.1, 0.15) is 19.4 Å². The summed E-state index contributed by atoms with van der Waals surface area (Å²) in [6, 6.07) is 2.62. The van der Waals surface area contributed by atoms with Crippen LogP contribution in [0.5, 0.6) is 0 Å². The van der Waals surface area contributed by atoms with Crippen LogP contribution < -0.4 is 5.73 Å². The van der Waals surface area contributed by atoms with Gasteiger partial charge in [0, 0.05) is 24.6 Å². The number of thiocarbonyl (C=S) groups is 1. The minimum Gasteiger partial charge on any atom is -0.393 e. The molecule has 1 aromatic carbocycles. The van der Waals surface area contributed by atoms with Gasteiger partial charge in [0.2, 0.25) is 0 Å². The van der Waals surface area contributed by atoms with Crippen LogP contribution in [-0.2, 0) is 6.54 Å². The van der Waals surface area contributed by atoms with E-state index < -0.39 is 11.6 Å². The third kappa shape index (κ3) is 4.47. The van der Waals surface area contributed by atoms with E-state index in [0.717, 1.165) is 0 Å². The van der Waals surface area contributed by atoms with Crippen LogP contribution in [0.4, 0.5) is 8.78 Å². The number of benzene rings is 1. The van der Waals surface area contributed by atoms with E-state index >= 15 is 0 Å². The van der Waals surface area contributed by atoms with Gasteiger partial charge < -0.3 is 5.73 Å². The van der Waals surface area contributed by atoms with Gasteiger partial charge in [-0.05, 0) is 34.6 Å². The largest absolute Gasteiger partial charge is 0.393 e. The van der Waals surface area contributed by atoms with Gasteiger partial charge in [0.15, 0.2) is 0 Å². The molecule has 0 bridgehead atoms. The van der Waals surface area contributed by atoms with Crippen LogP contribution in [0.25, 0.3) is 0 Å². The molecule has 0 radical (unpaired) electrons. The first-order valence-electron chi connectivity index (χ1n) is 6.00. The quantitative estimate of drug-likeness (QED) is 0.629. The first-order chi connectivity index (χ1) is 8.86. The van der Waals surface area contributed by atoms with Gasteiger partial charge in [0.05, 0.1) is 9.46 Å². The van der Waals surface area contributed by atoms with E-state index in [-0.39, 0.29) is 22.5 Å².